The molecule has 0 atom stereocenters. The van der Waals surface area contributed by atoms with Crippen LogP contribution in [0.25, 0.3) is 0 Å². The molecule has 0 unspecified atom stereocenters. The average molecular weight is 262 g/mol. The van der Waals surface area contributed by atoms with E-state index in [1.807, 2.05) is 4.72 Å². The monoisotopic (exact) mass is 262 g/mol. The predicted molar refractivity (Wildman–Crippen MR) is 59.5 cm³/mol. The number of nitro benzene ring substituents is 1. The topological polar surface area (TPSA) is 89.3 Å². The summed E-state index contributed by atoms with van der Waals surface area (Å²) in [6.07, 6.45) is 0.895. The summed E-state index contributed by atoms with van der Waals surface area (Å²) in [7, 11) is -3.53. The summed E-state index contributed by atoms with van der Waals surface area (Å²) in [6, 6.07) is 2.43. The van der Waals surface area contributed by atoms with Crippen LogP contribution in [0.1, 0.15) is 11.1 Å². The third-order valence-corrected chi connectivity index (χ3v) is 2.79. The molecular weight excluding hydrogens is 251 g/mol. The number of rotatable bonds is 4. The Morgan fingerprint density at radius 3 is 2.53 bits per heavy atom. The fourth-order valence-electron chi connectivity index (χ4n) is 1.27. The number of nitro groups is 1. The van der Waals surface area contributed by atoms with Crippen LogP contribution >= 0.6 is 0 Å². The van der Waals surface area contributed by atoms with Crippen LogP contribution in [-0.2, 0) is 16.6 Å². The highest BCUT2D eigenvalue weighted by Gasteiger charge is 2.20. The Balaban J connectivity index is 3.19. The summed E-state index contributed by atoms with van der Waals surface area (Å²) in [5.74, 6) is -0.768. The number of hydrogen-bond donors (Lipinski definition) is 1. The highest BCUT2D eigenvalue weighted by molar-refractivity contribution is 7.88. The average Bonchev–Trinajstić information content (AvgIpc) is 2.18. The van der Waals surface area contributed by atoms with Crippen molar-refractivity contribution in [2.45, 2.75) is 13.5 Å². The molecule has 0 saturated carbocycles. The summed E-state index contributed by atoms with van der Waals surface area (Å²) in [5.41, 5.74) is -0.481. The molecule has 1 rings (SSSR count). The number of nitrogens with zero attached hydrogens (tertiary/aromatic N) is 1. The van der Waals surface area contributed by atoms with Crippen LogP contribution in [0.5, 0.6) is 0 Å². The van der Waals surface area contributed by atoms with Crippen molar-refractivity contribution in [1.29, 1.82) is 0 Å². The Bertz CT molecular complexity index is 556. The second-order valence-electron chi connectivity index (χ2n) is 3.54. The van der Waals surface area contributed by atoms with Crippen LogP contribution in [-0.4, -0.2) is 19.6 Å². The molecular formula is C9H11FN2O4S. The molecule has 94 valence electrons. The van der Waals surface area contributed by atoms with E-state index in [0.717, 1.165) is 12.3 Å². The van der Waals surface area contributed by atoms with Gasteiger partial charge in [0.25, 0.3) is 5.69 Å². The largest absolute Gasteiger partial charge is 0.276 e. The number of nitrogens with one attached hydrogen (secondary N) is 1. The number of aryl methyl sites for hydroxylation is 1. The minimum absolute atomic E-state index is 0.223. The molecule has 0 heterocycles. The van der Waals surface area contributed by atoms with E-state index < -0.39 is 33.0 Å². The van der Waals surface area contributed by atoms with Crippen molar-refractivity contribution in [3.8, 4) is 0 Å². The molecule has 0 saturated heterocycles. The summed E-state index contributed by atoms with van der Waals surface area (Å²) in [6.45, 7) is 1.01. The quantitative estimate of drug-likeness (QED) is 0.649. The third-order valence-electron chi connectivity index (χ3n) is 2.12. The molecule has 1 N–H and O–H groups in total. The first kappa shape index (κ1) is 13.5. The molecule has 1 aromatic carbocycles. The predicted octanol–water partition coefficient (Wildman–Crippen LogP) is 1.09. The maximum atomic E-state index is 13.7. The normalized spacial score (nSPS) is 11.5. The van der Waals surface area contributed by atoms with Crippen LogP contribution < -0.4 is 4.72 Å². The van der Waals surface area contributed by atoms with E-state index >= 15 is 0 Å². The fraction of sp³-hybridized carbons (Fsp3) is 0.333. The lowest BCUT2D eigenvalue weighted by Crippen LogP contribution is -2.22. The first-order valence-electron chi connectivity index (χ1n) is 4.59. The molecule has 0 fully saturated rings. The highest BCUT2D eigenvalue weighted by Crippen LogP contribution is 2.23. The smallest absolute Gasteiger partial charge is 0.258 e. The third kappa shape index (κ3) is 3.46. The lowest BCUT2D eigenvalue weighted by molar-refractivity contribution is -0.385. The van der Waals surface area contributed by atoms with Crippen molar-refractivity contribution in [3.05, 3.63) is 39.2 Å². The Labute approximate surface area is 97.7 Å². The molecule has 0 aliphatic rings. The van der Waals surface area contributed by atoms with Crippen molar-refractivity contribution in [1.82, 2.24) is 4.72 Å². The minimum atomic E-state index is -3.53. The molecule has 0 aromatic heterocycles. The van der Waals surface area contributed by atoms with E-state index in [0.29, 0.717) is 0 Å². The molecule has 0 bridgehead atoms. The van der Waals surface area contributed by atoms with Gasteiger partial charge in [0.15, 0.2) is 0 Å². The molecule has 0 amide bonds. The van der Waals surface area contributed by atoms with Crippen LogP contribution in [0.3, 0.4) is 0 Å². The SMILES string of the molecule is Cc1ccc([N+](=O)[O-])c(CNS(C)(=O)=O)c1F. The van der Waals surface area contributed by atoms with Gasteiger partial charge in [0.2, 0.25) is 10.0 Å². The van der Waals surface area contributed by atoms with E-state index in [1.165, 1.54) is 13.0 Å². The Morgan fingerprint density at radius 1 is 1.47 bits per heavy atom. The first-order valence-corrected chi connectivity index (χ1v) is 6.48. The molecule has 0 aliphatic heterocycles. The maximum absolute atomic E-state index is 13.7. The van der Waals surface area contributed by atoms with Crippen LogP contribution in [0.15, 0.2) is 12.1 Å². The van der Waals surface area contributed by atoms with Crippen molar-refractivity contribution < 1.29 is 17.7 Å². The molecule has 0 radical (unpaired) electrons. The lowest BCUT2D eigenvalue weighted by atomic mass is 10.1. The molecule has 0 spiro atoms. The second kappa shape index (κ2) is 4.76. The van der Waals surface area contributed by atoms with Gasteiger partial charge < -0.3 is 0 Å². The molecule has 6 nitrogen and oxygen atoms in total. The lowest BCUT2D eigenvalue weighted by Gasteiger charge is -2.07. The van der Waals surface area contributed by atoms with Gasteiger partial charge in [0, 0.05) is 12.6 Å². The Kier molecular flexibility index (Phi) is 3.79. The van der Waals surface area contributed by atoms with Gasteiger partial charge in [-0.2, -0.15) is 0 Å². The van der Waals surface area contributed by atoms with Gasteiger partial charge in [-0.15, -0.1) is 0 Å². The van der Waals surface area contributed by atoms with Gasteiger partial charge in [-0.1, -0.05) is 0 Å². The van der Waals surface area contributed by atoms with Gasteiger partial charge >= 0.3 is 0 Å². The number of halogens is 1. The van der Waals surface area contributed by atoms with Gasteiger partial charge in [-0.05, 0) is 18.6 Å². The van der Waals surface area contributed by atoms with Crippen molar-refractivity contribution in [2.24, 2.45) is 0 Å². The zero-order valence-corrected chi connectivity index (χ0v) is 10.0. The van der Waals surface area contributed by atoms with Crippen molar-refractivity contribution >= 4 is 15.7 Å². The van der Waals surface area contributed by atoms with Crippen molar-refractivity contribution in [2.75, 3.05) is 6.26 Å². The van der Waals surface area contributed by atoms with E-state index in [9.17, 15) is 22.9 Å². The van der Waals surface area contributed by atoms with Crippen molar-refractivity contribution in [3.63, 3.8) is 0 Å². The Hall–Kier alpha value is -1.54. The summed E-state index contributed by atoms with van der Waals surface area (Å²) in [5, 5.41) is 10.7. The van der Waals surface area contributed by atoms with Gasteiger partial charge in [-0.25, -0.2) is 17.5 Å². The number of benzene rings is 1. The first-order chi connectivity index (χ1) is 7.72. The number of hydrogen-bond acceptors (Lipinski definition) is 4. The minimum Gasteiger partial charge on any atom is -0.258 e. The fourth-order valence-corrected chi connectivity index (χ4v) is 1.68. The zero-order chi connectivity index (χ0) is 13.2. The van der Waals surface area contributed by atoms with Crippen LogP contribution in [0, 0.1) is 22.9 Å². The summed E-state index contributed by atoms with van der Waals surface area (Å²) >= 11 is 0. The van der Waals surface area contributed by atoms with E-state index in [-0.39, 0.29) is 11.1 Å². The molecule has 17 heavy (non-hydrogen) atoms. The Morgan fingerprint density at radius 2 is 2.06 bits per heavy atom. The summed E-state index contributed by atoms with van der Waals surface area (Å²) < 4.78 is 37.4. The second-order valence-corrected chi connectivity index (χ2v) is 5.38. The number of sulfonamides is 1. The van der Waals surface area contributed by atoms with E-state index in [4.69, 9.17) is 0 Å². The van der Waals surface area contributed by atoms with Crippen LogP contribution in [0.4, 0.5) is 10.1 Å². The van der Waals surface area contributed by atoms with Gasteiger partial charge in [0.05, 0.1) is 16.7 Å². The van der Waals surface area contributed by atoms with E-state index in [1.54, 1.807) is 0 Å². The standard InChI is InChI=1S/C9H11FN2O4S/c1-6-3-4-8(12(13)14)7(9(6)10)5-11-17(2,15)16/h3-4,11H,5H2,1-2H3. The molecule has 1 aromatic rings. The zero-order valence-electron chi connectivity index (χ0n) is 9.23. The van der Waals surface area contributed by atoms with E-state index in [2.05, 4.69) is 0 Å². The molecule has 8 heteroatoms. The maximum Gasteiger partial charge on any atom is 0.276 e. The summed E-state index contributed by atoms with van der Waals surface area (Å²) in [4.78, 5) is 9.92. The molecule has 0 aliphatic carbocycles. The van der Waals surface area contributed by atoms with Crippen LogP contribution in [0.2, 0.25) is 0 Å². The van der Waals surface area contributed by atoms with Gasteiger partial charge in [0.1, 0.15) is 5.82 Å². The highest BCUT2D eigenvalue weighted by atomic mass is 32.2. The van der Waals surface area contributed by atoms with Gasteiger partial charge in [-0.3, -0.25) is 10.1 Å².